The Balaban J connectivity index is 2.13. The van der Waals surface area contributed by atoms with Crippen molar-refractivity contribution < 1.29 is 23.1 Å². The molecule has 2 N–H and O–H groups in total. The number of hydrogen-bond donors (Lipinski definition) is 2. The molecule has 144 valence electrons. The van der Waals surface area contributed by atoms with Crippen molar-refractivity contribution in [1.29, 1.82) is 0 Å². The van der Waals surface area contributed by atoms with Gasteiger partial charge in [-0.05, 0) is 38.3 Å². The van der Waals surface area contributed by atoms with Crippen molar-refractivity contribution in [3.63, 3.8) is 0 Å². The van der Waals surface area contributed by atoms with E-state index in [-0.39, 0.29) is 11.4 Å². The van der Waals surface area contributed by atoms with E-state index < -0.39 is 33.4 Å². The van der Waals surface area contributed by atoms with Crippen molar-refractivity contribution >= 4 is 21.9 Å². The first-order valence-electron chi connectivity index (χ1n) is 8.81. The SMILES string of the molecule is CCCC(C)(NC(=O)C1CCCN(S(=O)(=O)c2ccccc2)C1)C(=O)O. The maximum Gasteiger partial charge on any atom is 0.329 e. The zero-order chi connectivity index (χ0) is 19.4. The lowest BCUT2D eigenvalue weighted by molar-refractivity contribution is -0.148. The smallest absolute Gasteiger partial charge is 0.329 e. The van der Waals surface area contributed by atoms with Gasteiger partial charge in [0.25, 0.3) is 0 Å². The van der Waals surface area contributed by atoms with Crippen molar-refractivity contribution in [2.24, 2.45) is 5.92 Å². The molecule has 8 heteroatoms. The number of amides is 1. The van der Waals surface area contributed by atoms with E-state index in [1.165, 1.54) is 23.4 Å². The molecule has 1 saturated heterocycles. The highest BCUT2D eigenvalue weighted by Crippen LogP contribution is 2.25. The predicted molar refractivity (Wildman–Crippen MR) is 97.0 cm³/mol. The van der Waals surface area contributed by atoms with Crippen LogP contribution in [0.3, 0.4) is 0 Å². The summed E-state index contributed by atoms with van der Waals surface area (Å²) in [4.78, 5) is 24.3. The lowest BCUT2D eigenvalue weighted by atomic mass is 9.93. The fourth-order valence-electron chi connectivity index (χ4n) is 3.21. The highest BCUT2D eigenvalue weighted by atomic mass is 32.2. The Morgan fingerprint density at radius 1 is 1.31 bits per heavy atom. The molecule has 2 unspecified atom stereocenters. The number of carbonyl (C=O) groups is 2. The molecule has 7 nitrogen and oxygen atoms in total. The number of carboxylic acids is 1. The van der Waals surface area contributed by atoms with Gasteiger partial charge in [0.2, 0.25) is 15.9 Å². The van der Waals surface area contributed by atoms with E-state index in [0.29, 0.717) is 32.2 Å². The van der Waals surface area contributed by atoms with E-state index in [1.54, 1.807) is 18.2 Å². The number of nitrogens with zero attached hydrogens (tertiary/aromatic N) is 1. The molecule has 2 rings (SSSR count). The zero-order valence-electron chi connectivity index (χ0n) is 15.1. The van der Waals surface area contributed by atoms with Crippen LogP contribution >= 0.6 is 0 Å². The second kappa shape index (κ2) is 8.18. The normalized spacial score (nSPS) is 20.9. The standard InChI is InChI=1S/C18H26N2O5S/c1-3-11-18(2,17(22)23)19-16(21)14-8-7-12-20(13-14)26(24,25)15-9-5-4-6-10-15/h4-6,9-10,14H,3,7-8,11-13H2,1-2H3,(H,19,21)(H,22,23). The van der Waals surface area contributed by atoms with Crippen LogP contribution in [0.2, 0.25) is 0 Å². The number of carbonyl (C=O) groups excluding carboxylic acids is 1. The van der Waals surface area contributed by atoms with Gasteiger partial charge in [-0.3, -0.25) is 4.79 Å². The number of hydrogen-bond acceptors (Lipinski definition) is 4. The van der Waals surface area contributed by atoms with Crippen LogP contribution < -0.4 is 5.32 Å². The second-order valence-corrected chi connectivity index (χ2v) is 8.83. The predicted octanol–water partition coefficient (Wildman–Crippen LogP) is 1.85. The van der Waals surface area contributed by atoms with Crippen LogP contribution in [0.15, 0.2) is 35.2 Å². The van der Waals surface area contributed by atoms with Crippen LogP contribution in [-0.4, -0.2) is 48.3 Å². The van der Waals surface area contributed by atoms with Gasteiger partial charge in [-0.2, -0.15) is 4.31 Å². The fraction of sp³-hybridized carbons (Fsp3) is 0.556. The second-order valence-electron chi connectivity index (χ2n) is 6.89. The molecule has 1 aliphatic heterocycles. The molecule has 0 radical (unpaired) electrons. The number of carboxylic acid groups (broad SMARTS) is 1. The van der Waals surface area contributed by atoms with Crippen molar-refractivity contribution in [2.75, 3.05) is 13.1 Å². The topological polar surface area (TPSA) is 104 Å². The van der Waals surface area contributed by atoms with Crippen LogP contribution in [0.5, 0.6) is 0 Å². The number of benzene rings is 1. The molecule has 1 aromatic carbocycles. The summed E-state index contributed by atoms with van der Waals surface area (Å²) in [6, 6.07) is 8.11. The summed E-state index contributed by atoms with van der Waals surface area (Å²) < 4.78 is 26.8. The van der Waals surface area contributed by atoms with E-state index in [4.69, 9.17) is 0 Å². The summed E-state index contributed by atoms with van der Waals surface area (Å²) >= 11 is 0. The third-order valence-corrected chi connectivity index (χ3v) is 6.64. The monoisotopic (exact) mass is 382 g/mol. The summed E-state index contributed by atoms with van der Waals surface area (Å²) in [5.41, 5.74) is -1.34. The molecule has 0 aliphatic carbocycles. The molecule has 0 aromatic heterocycles. The Hall–Kier alpha value is -1.93. The largest absolute Gasteiger partial charge is 0.480 e. The maximum atomic E-state index is 12.8. The van der Waals surface area contributed by atoms with Crippen molar-refractivity contribution in [1.82, 2.24) is 9.62 Å². The molecule has 1 fully saturated rings. The van der Waals surface area contributed by atoms with E-state index in [0.717, 1.165) is 0 Å². The minimum absolute atomic E-state index is 0.0604. The van der Waals surface area contributed by atoms with Crippen molar-refractivity contribution in [3.05, 3.63) is 30.3 Å². The molecule has 2 atom stereocenters. The number of piperidine rings is 1. The molecule has 26 heavy (non-hydrogen) atoms. The molecular formula is C18H26N2O5S. The lowest BCUT2D eigenvalue weighted by Crippen LogP contribution is -2.55. The van der Waals surface area contributed by atoms with Gasteiger partial charge < -0.3 is 10.4 Å². The third kappa shape index (κ3) is 4.42. The molecule has 1 heterocycles. The fourth-order valence-corrected chi connectivity index (χ4v) is 4.76. The first kappa shape index (κ1) is 20.4. The average molecular weight is 382 g/mol. The summed E-state index contributed by atoms with van der Waals surface area (Å²) in [6.07, 6.45) is 2.02. The minimum atomic E-state index is -3.66. The van der Waals surface area contributed by atoms with Gasteiger partial charge >= 0.3 is 5.97 Å². The zero-order valence-corrected chi connectivity index (χ0v) is 16.0. The highest BCUT2D eigenvalue weighted by Gasteiger charge is 2.38. The summed E-state index contributed by atoms with van der Waals surface area (Å²) in [7, 11) is -3.66. The number of aliphatic carboxylic acids is 1. The Bertz CT molecular complexity index is 750. The average Bonchev–Trinajstić information content (AvgIpc) is 2.62. The molecule has 0 spiro atoms. The Morgan fingerprint density at radius 3 is 2.54 bits per heavy atom. The van der Waals surface area contributed by atoms with Crippen LogP contribution in [0.4, 0.5) is 0 Å². The van der Waals surface area contributed by atoms with E-state index in [2.05, 4.69) is 5.32 Å². The molecule has 1 aromatic rings. The lowest BCUT2D eigenvalue weighted by Gasteiger charge is -2.34. The first-order chi connectivity index (χ1) is 12.2. The van der Waals surface area contributed by atoms with Gasteiger partial charge in [0.05, 0.1) is 10.8 Å². The van der Waals surface area contributed by atoms with Crippen molar-refractivity contribution in [2.45, 2.75) is 50.0 Å². The number of sulfonamides is 1. The van der Waals surface area contributed by atoms with Gasteiger partial charge in [-0.1, -0.05) is 31.5 Å². The quantitative estimate of drug-likeness (QED) is 0.749. The van der Waals surface area contributed by atoms with Gasteiger partial charge in [0, 0.05) is 13.1 Å². The third-order valence-electron chi connectivity index (χ3n) is 4.76. The van der Waals surface area contributed by atoms with E-state index in [9.17, 15) is 23.1 Å². The minimum Gasteiger partial charge on any atom is -0.480 e. The van der Waals surface area contributed by atoms with Crippen molar-refractivity contribution in [3.8, 4) is 0 Å². The molecule has 1 aliphatic rings. The summed E-state index contributed by atoms with van der Waals surface area (Å²) in [5, 5.41) is 12.0. The molecular weight excluding hydrogens is 356 g/mol. The Morgan fingerprint density at radius 2 is 1.96 bits per heavy atom. The molecule has 0 saturated carbocycles. The number of rotatable bonds is 7. The first-order valence-corrected chi connectivity index (χ1v) is 10.3. The number of nitrogens with one attached hydrogen (secondary N) is 1. The van der Waals surface area contributed by atoms with Gasteiger partial charge in [-0.15, -0.1) is 0 Å². The van der Waals surface area contributed by atoms with Crippen LogP contribution in [-0.2, 0) is 19.6 Å². The molecule has 1 amide bonds. The summed E-state index contributed by atoms with van der Waals surface area (Å²) in [5.74, 6) is -2.05. The van der Waals surface area contributed by atoms with Crippen LogP contribution in [0.25, 0.3) is 0 Å². The van der Waals surface area contributed by atoms with Gasteiger partial charge in [0.1, 0.15) is 5.54 Å². The van der Waals surface area contributed by atoms with Crippen LogP contribution in [0.1, 0.15) is 39.5 Å². The Labute approximate surface area is 154 Å². The highest BCUT2D eigenvalue weighted by molar-refractivity contribution is 7.89. The van der Waals surface area contributed by atoms with E-state index >= 15 is 0 Å². The molecule has 0 bridgehead atoms. The Kier molecular flexibility index (Phi) is 6.41. The van der Waals surface area contributed by atoms with E-state index in [1.807, 2.05) is 6.92 Å². The summed E-state index contributed by atoms with van der Waals surface area (Å²) in [6.45, 7) is 3.75. The van der Waals surface area contributed by atoms with Crippen LogP contribution in [0, 0.1) is 5.92 Å². The van der Waals surface area contributed by atoms with Gasteiger partial charge in [-0.25, -0.2) is 13.2 Å². The van der Waals surface area contributed by atoms with Gasteiger partial charge in [0.15, 0.2) is 0 Å². The maximum absolute atomic E-state index is 12.8.